The van der Waals surface area contributed by atoms with Crippen LogP contribution in [0, 0.1) is 0 Å². The zero-order valence-corrected chi connectivity index (χ0v) is 10.8. The molecule has 0 amide bonds. The van der Waals surface area contributed by atoms with E-state index in [1.807, 2.05) is 6.07 Å². The Labute approximate surface area is 108 Å². The second-order valence-electron chi connectivity index (χ2n) is 3.30. The topological polar surface area (TPSA) is 57.4 Å². The van der Waals surface area contributed by atoms with Crippen molar-refractivity contribution in [2.24, 2.45) is 0 Å². The first-order valence-electron chi connectivity index (χ1n) is 4.92. The van der Waals surface area contributed by atoms with E-state index in [1.54, 1.807) is 37.6 Å². The van der Waals surface area contributed by atoms with Crippen molar-refractivity contribution in [3.05, 3.63) is 41.0 Å². The quantitative estimate of drug-likeness (QED) is 0.944. The van der Waals surface area contributed by atoms with E-state index in [0.29, 0.717) is 17.3 Å². The minimum atomic E-state index is 0.387. The summed E-state index contributed by atoms with van der Waals surface area (Å²) in [5.41, 5.74) is 6.24. The molecule has 0 radical (unpaired) electrons. The Hall–Kier alpha value is -1.75. The third-order valence-corrected chi connectivity index (χ3v) is 2.77. The van der Waals surface area contributed by atoms with Gasteiger partial charge in [0.2, 0.25) is 5.88 Å². The van der Waals surface area contributed by atoms with E-state index in [2.05, 4.69) is 20.9 Å². The monoisotopic (exact) mass is 294 g/mol. The molecule has 5 heteroatoms. The van der Waals surface area contributed by atoms with Crippen molar-refractivity contribution in [1.29, 1.82) is 0 Å². The Balaban J connectivity index is 2.28. The Bertz CT molecular complexity index is 532. The summed E-state index contributed by atoms with van der Waals surface area (Å²) in [5, 5.41) is 0. The summed E-state index contributed by atoms with van der Waals surface area (Å²) in [6.45, 7) is 0. The zero-order chi connectivity index (χ0) is 12.3. The lowest BCUT2D eigenvalue weighted by Gasteiger charge is -2.09. The maximum Gasteiger partial charge on any atom is 0.242 e. The number of aromatic nitrogens is 1. The van der Waals surface area contributed by atoms with Crippen LogP contribution in [0.2, 0.25) is 0 Å². The number of hydrogen-bond donors (Lipinski definition) is 1. The summed E-state index contributed by atoms with van der Waals surface area (Å²) in [7, 11) is 1.61. The Morgan fingerprint density at radius 2 is 2.12 bits per heavy atom. The highest BCUT2D eigenvalue weighted by molar-refractivity contribution is 9.10. The van der Waals surface area contributed by atoms with Crippen LogP contribution >= 0.6 is 15.9 Å². The molecule has 1 aromatic heterocycles. The summed E-state index contributed by atoms with van der Waals surface area (Å²) < 4.78 is 11.5. The van der Waals surface area contributed by atoms with Crippen molar-refractivity contribution in [1.82, 2.24) is 4.98 Å². The maximum atomic E-state index is 5.75. The van der Waals surface area contributed by atoms with Crippen LogP contribution in [0.5, 0.6) is 17.4 Å². The van der Waals surface area contributed by atoms with Crippen molar-refractivity contribution in [3.8, 4) is 17.4 Å². The second kappa shape index (κ2) is 5.05. The lowest BCUT2D eigenvalue weighted by Crippen LogP contribution is -1.95. The van der Waals surface area contributed by atoms with E-state index in [4.69, 9.17) is 15.2 Å². The fourth-order valence-electron chi connectivity index (χ4n) is 1.28. The summed E-state index contributed by atoms with van der Waals surface area (Å²) in [4.78, 5) is 4.06. The molecule has 88 valence electrons. The van der Waals surface area contributed by atoms with Crippen LogP contribution in [0.25, 0.3) is 0 Å². The first kappa shape index (κ1) is 11.7. The van der Waals surface area contributed by atoms with Crippen LogP contribution in [0.4, 0.5) is 5.69 Å². The number of nitrogens with zero attached hydrogens (tertiary/aromatic N) is 1. The zero-order valence-electron chi connectivity index (χ0n) is 9.18. The van der Waals surface area contributed by atoms with Crippen LogP contribution in [0.15, 0.2) is 41.0 Å². The molecular weight excluding hydrogens is 284 g/mol. The lowest BCUT2D eigenvalue weighted by molar-refractivity contribution is 0.411. The highest BCUT2D eigenvalue weighted by Crippen LogP contribution is 2.33. The highest BCUT2D eigenvalue weighted by atomic mass is 79.9. The van der Waals surface area contributed by atoms with Gasteiger partial charge in [0.1, 0.15) is 11.5 Å². The second-order valence-corrected chi connectivity index (χ2v) is 4.15. The van der Waals surface area contributed by atoms with Gasteiger partial charge in [-0.05, 0) is 46.3 Å². The Kier molecular flexibility index (Phi) is 3.49. The predicted molar refractivity (Wildman–Crippen MR) is 69.4 cm³/mol. The van der Waals surface area contributed by atoms with Crippen LogP contribution in [0.3, 0.4) is 0 Å². The molecule has 2 aromatic rings. The number of methoxy groups -OCH3 is 1. The minimum absolute atomic E-state index is 0.387. The van der Waals surface area contributed by atoms with Gasteiger partial charge in [0, 0.05) is 6.20 Å². The molecule has 2 N–H and O–H groups in total. The van der Waals surface area contributed by atoms with Gasteiger partial charge in [-0.25, -0.2) is 4.98 Å². The van der Waals surface area contributed by atoms with Crippen molar-refractivity contribution >= 4 is 21.6 Å². The van der Waals surface area contributed by atoms with E-state index in [-0.39, 0.29) is 0 Å². The number of hydrogen-bond acceptors (Lipinski definition) is 4. The number of halogens is 1. The Morgan fingerprint density at radius 1 is 1.29 bits per heavy atom. The van der Waals surface area contributed by atoms with Crippen molar-refractivity contribution in [2.45, 2.75) is 0 Å². The van der Waals surface area contributed by atoms with E-state index >= 15 is 0 Å². The van der Waals surface area contributed by atoms with Gasteiger partial charge in [0.15, 0.2) is 0 Å². The van der Waals surface area contributed by atoms with E-state index in [1.165, 1.54) is 0 Å². The molecule has 0 bridgehead atoms. The normalized spacial score (nSPS) is 10.0. The van der Waals surface area contributed by atoms with Gasteiger partial charge >= 0.3 is 0 Å². The number of nitrogens with two attached hydrogens (primary N) is 1. The first-order valence-corrected chi connectivity index (χ1v) is 5.72. The first-order chi connectivity index (χ1) is 8.20. The van der Waals surface area contributed by atoms with Crippen LogP contribution < -0.4 is 15.2 Å². The SMILES string of the molecule is COc1ccc(Oc2ncccc2N)c(Br)c1. The molecule has 0 saturated carbocycles. The molecule has 0 atom stereocenters. The van der Waals surface area contributed by atoms with Crippen molar-refractivity contribution < 1.29 is 9.47 Å². The van der Waals surface area contributed by atoms with E-state index in [9.17, 15) is 0 Å². The van der Waals surface area contributed by atoms with Gasteiger partial charge in [-0.2, -0.15) is 0 Å². The summed E-state index contributed by atoms with van der Waals surface area (Å²) in [5.74, 6) is 1.77. The minimum Gasteiger partial charge on any atom is -0.497 e. The smallest absolute Gasteiger partial charge is 0.242 e. The van der Waals surface area contributed by atoms with Crippen molar-refractivity contribution in [2.75, 3.05) is 12.8 Å². The molecule has 1 aromatic carbocycles. The molecule has 0 aliphatic heterocycles. The highest BCUT2D eigenvalue weighted by Gasteiger charge is 2.07. The molecule has 0 spiro atoms. The van der Waals surface area contributed by atoms with E-state index < -0.39 is 0 Å². The lowest BCUT2D eigenvalue weighted by atomic mass is 10.3. The van der Waals surface area contributed by atoms with Gasteiger partial charge in [-0.3, -0.25) is 0 Å². The maximum absolute atomic E-state index is 5.75. The fraction of sp³-hybridized carbons (Fsp3) is 0.0833. The molecule has 0 fully saturated rings. The van der Waals surface area contributed by atoms with Gasteiger partial charge in [-0.15, -0.1) is 0 Å². The largest absolute Gasteiger partial charge is 0.497 e. The number of pyridine rings is 1. The van der Waals surface area contributed by atoms with Crippen LogP contribution in [-0.4, -0.2) is 12.1 Å². The van der Waals surface area contributed by atoms with Gasteiger partial charge in [0.25, 0.3) is 0 Å². The third kappa shape index (κ3) is 2.68. The molecular formula is C12H11BrN2O2. The summed E-state index contributed by atoms with van der Waals surface area (Å²) >= 11 is 3.40. The van der Waals surface area contributed by atoms with Crippen LogP contribution in [0.1, 0.15) is 0 Å². The molecule has 17 heavy (non-hydrogen) atoms. The molecule has 0 unspecified atom stereocenters. The fourth-order valence-corrected chi connectivity index (χ4v) is 1.72. The number of rotatable bonds is 3. The molecule has 2 rings (SSSR count). The number of ether oxygens (including phenoxy) is 2. The van der Waals surface area contributed by atoms with Gasteiger partial charge < -0.3 is 15.2 Å². The average molecular weight is 295 g/mol. The third-order valence-electron chi connectivity index (χ3n) is 2.15. The predicted octanol–water partition coefficient (Wildman–Crippen LogP) is 3.23. The van der Waals surface area contributed by atoms with Gasteiger partial charge in [0.05, 0.1) is 17.3 Å². The summed E-state index contributed by atoms with van der Waals surface area (Å²) in [6, 6.07) is 8.90. The molecule has 0 aliphatic rings. The Morgan fingerprint density at radius 3 is 2.76 bits per heavy atom. The average Bonchev–Trinajstić information content (AvgIpc) is 2.34. The van der Waals surface area contributed by atoms with E-state index in [0.717, 1.165) is 10.2 Å². The van der Waals surface area contributed by atoms with Crippen LogP contribution in [-0.2, 0) is 0 Å². The standard InChI is InChI=1S/C12H11BrN2O2/c1-16-8-4-5-11(9(13)7-8)17-12-10(14)3-2-6-15-12/h2-7H,14H2,1H3. The number of anilines is 1. The molecule has 1 heterocycles. The molecule has 0 aliphatic carbocycles. The van der Waals surface area contributed by atoms with Crippen molar-refractivity contribution in [3.63, 3.8) is 0 Å². The molecule has 0 saturated heterocycles. The number of nitrogen functional groups attached to an aromatic ring is 1. The number of benzene rings is 1. The summed E-state index contributed by atoms with van der Waals surface area (Å²) in [6.07, 6.45) is 1.63. The van der Waals surface area contributed by atoms with Gasteiger partial charge in [-0.1, -0.05) is 0 Å². The molecule has 4 nitrogen and oxygen atoms in total.